The minimum Gasteiger partial charge on any atom is -0.218 e. The number of unbranched alkanes of at least 4 members (excludes halogenated alkanes) is 29. The Kier molecular flexibility index (Phi) is 31.1. The topological polar surface area (TPSA) is 38.7 Å². The second kappa shape index (κ2) is 33.4. The van der Waals surface area contributed by atoms with Gasteiger partial charge in [0.15, 0.2) is 0 Å². The second-order valence-corrected chi connectivity index (χ2v) is 13.9. The lowest BCUT2D eigenvalue weighted by Gasteiger charge is -2.08. The van der Waals surface area contributed by atoms with E-state index in [4.69, 9.17) is 15.0 Å². The minimum atomic E-state index is 0.948. The molecule has 0 saturated carbocycles. The molecule has 0 aromatic carbocycles. The van der Waals surface area contributed by atoms with Gasteiger partial charge in [-0.2, -0.15) is 0 Å². The molecule has 1 aromatic rings. The first-order valence-corrected chi connectivity index (χ1v) is 20.3. The molecule has 0 fully saturated rings. The molecule has 1 heterocycles. The van der Waals surface area contributed by atoms with Crippen LogP contribution in [0, 0.1) is 6.92 Å². The van der Waals surface area contributed by atoms with Gasteiger partial charge in [0.2, 0.25) is 0 Å². The first-order chi connectivity index (χ1) is 21.8. The van der Waals surface area contributed by atoms with Gasteiger partial charge in [0, 0.05) is 19.3 Å². The number of rotatable bonds is 35. The number of hydrogen-bond donors (Lipinski definition) is 0. The molecule has 0 aliphatic heterocycles. The molecular weight excluding hydrogens is 534 g/mol. The number of hydrogen-bond acceptors (Lipinski definition) is 3. The van der Waals surface area contributed by atoms with E-state index >= 15 is 0 Å². The molecule has 0 aliphatic carbocycles. The monoisotopic (exact) mass is 613 g/mol. The zero-order chi connectivity index (χ0) is 31.6. The highest BCUT2D eigenvalue weighted by molar-refractivity contribution is 4.99. The van der Waals surface area contributed by atoms with E-state index < -0.39 is 0 Å². The van der Waals surface area contributed by atoms with Gasteiger partial charge in [-0.3, -0.25) is 0 Å². The molecular formula is C41H78N3. The maximum atomic E-state index is 4.91. The van der Waals surface area contributed by atoms with Gasteiger partial charge in [0.25, 0.3) is 0 Å². The van der Waals surface area contributed by atoms with Crippen molar-refractivity contribution >= 4 is 0 Å². The van der Waals surface area contributed by atoms with E-state index in [-0.39, 0.29) is 0 Å². The van der Waals surface area contributed by atoms with Gasteiger partial charge in [-0.25, -0.2) is 15.0 Å². The zero-order valence-corrected chi connectivity index (χ0v) is 30.3. The summed E-state index contributed by atoms with van der Waals surface area (Å²) in [4.78, 5) is 14.6. The average molecular weight is 613 g/mol. The molecule has 0 N–H and O–H groups in total. The fraction of sp³-hybridized carbons (Fsp3) is 0.902. The largest absolute Gasteiger partial charge is 0.218 e. The maximum absolute atomic E-state index is 4.91. The molecule has 3 heteroatoms. The molecule has 1 radical (unpaired) electrons. The SMILES string of the molecule is [CH2]CCCc1nc(CCCCCCCCCCCCCCCCC)nc(CCCCCCCCCCCCCCCCC)n1. The Balaban J connectivity index is 2.09. The van der Waals surface area contributed by atoms with Crippen molar-refractivity contribution in [2.75, 3.05) is 0 Å². The van der Waals surface area contributed by atoms with Crippen LogP contribution in [-0.4, -0.2) is 15.0 Å². The van der Waals surface area contributed by atoms with Crippen molar-refractivity contribution in [3.05, 3.63) is 24.4 Å². The normalized spacial score (nSPS) is 11.5. The number of nitrogens with zero attached hydrogens (tertiary/aromatic N) is 3. The third-order valence-corrected chi connectivity index (χ3v) is 9.43. The van der Waals surface area contributed by atoms with Crippen molar-refractivity contribution in [2.45, 2.75) is 239 Å². The van der Waals surface area contributed by atoms with E-state index in [2.05, 4.69) is 20.8 Å². The molecule has 1 aromatic heterocycles. The molecule has 0 unspecified atom stereocenters. The van der Waals surface area contributed by atoms with Gasteiger partial charge in [0.1, 0.15) is 17.5 Å². The molecule has 0 aliphatic rings. The highest BCUT2D eigenvalue weighted by Crippen LogP contribution is 2.16. The Bertz CT molecular complexity index is 651. The fourth-order valence-electron chi connectivity index (χ4n) is 6.45. The van der Waals surface area contributed by atoms with Gasteiger partial charge in [-0.1, -0.05) is 207 Å². The van der Waals surface area contributed by atoms with E-state index in [1.165, 1.54) is 193 Å². The predicted octanol–water partition coefficient (Wildman–Crippen LogP) is 13.9. The highest BCUT2D eigenvalue weighted by atomic mass is 15.0. The summed E-state index contributed by atoms with van der Waals surface area (Å²) in [6.45, 7) is 8.62. The second-order valence-electron chi connectivity index (χ2n) is 13.9. The van der Waals surface area contributed by atoms with Crippen molar-refractivity contribution in [3.8, 4) is 0 Å². The Hall–Kier alpha value is -0.990. The Morgan fingerprint density at radius 1 is 0.295 bits per heavy atom. The lowest BCUT2D eigenvalue weighted by molar-refractivity contribution is 0.529. The van der Waals surface area contributed by atoms with Crippen LogP contribution in [0.3, 0.4) is 0 Å². The van der Waals surface area contributed by atoms with Gasteiger partial charge in [0.05, 0.1) is 0 Å². The van der Waals surface area contributed by atoms with Crippen molar-refractivity contribution in [3.63, 3.8) is 0 Å². The summed E-state index contributed by atoms with van der Waals surface area (Å²) in [5.74, 6) is 3.10. The van der Waals surface area contributed by atoms with Gasteiger partial charge in [-0.05, 0) is 19.3 Å². The quantitative estimate of drug-likeness (QED) is 0.0716. The summed E-state index contributed by atoms with van der Waals surface area (Å²) in [6.07, 6.45) is 47.2. The molecule has 257 valence electrons. The van der Waals surface area contributed by atoms with Crippen LogP contribution in [0.1, 0.15) is 237 Å². The van der Waals surface area contributed by atoms with Gasteiger partial charge in [-0.15, -0.1) is 0 Å². The van der Waals surface area contributed by atoms with Crippen LogP contribution in [0.4, 0.5) is 0 Å². The van der Waals surface area contributed by atoms with E-state index in [1.807, 2.05) is 0 Å². The van der Waals surface area contributed by atoms with E-state index in [1.54, 1.807) is 0 Å². The Morgan fingerprint density at radius 2 is 0.500 bits per heavy atom. The van der Waals surface area contributed by atoms with Gasteiger partial charge >= 0.3 is 0 Å². The van der Waals surface area contributed by atoms with Gasteiger partial charge < -0.3 is 0 Å². The predicted molar refractivity (Wildman–Crippen MR) is 195 cm³/mol. The summed E-state index contributed by atoms with van der Waals surface area (Å²) in [5, 5.41) is 0. The molecule has 0 amide bonds. The third kappa shape index (κ3) is 27.3. The van der Waals surface area contributed by atoms with Crippen LogP contribution >= 0.6 is 0 Å². The molecule has 1 rings (SSSR count). The van der Waals surface area contributed by atoms with Crippen LogP contribution < -0.4 is 0 Å². The molecule has 0 spiro atoms. The molecule has 0 saturated heterocycles. The fourth-order valence-corrected chi connectivity index (χ4v) is 6.45. The Morgan fingerprint density at radius 3 is 0.727 bits per heavy atom. The Labute approximate surface area is 277 Å². The van der Waals surface area contributed by atoms with E-state index in [9.17, 15) is 0 Å². The van der Waals surface area contributed by atoms with Crippen molar-refractivity contribution < 1.29 is 0 Å². The van der Waals surface area contributed by atoms with Crippen LogP contribution in [0.5, 0.6) is 0 Å². The standard InChI is InChI=1S/C41H78N3/c1-4-7-10-12-14-16-18-20-22-24-26-28-30-32-34-37-40-42-39(36-9-6-3)43-41(44-40)38-35-33-31-29-27-25-23-21-19-17-15-13-11-8-5-2/h3-38H2,1-2H3. The summed E-state index contributed by atoms with van der Waals surface area (Å²) in [5.41, 5.74) is 0. The van der Waals surface area contributed by atoms with E-state index in [0.29, 0.717) is 0 Å². The van der Waals surface area contributed by atoms with Crippen LogP contribution in [0.15, 0.2) is 0 Å². The molecule has 44 heavy (non-hydrogen) atoms. The first-order valence-electron chi connectivity index (χ1n) is 20.3. The zero-order valence-electron chi connectivity index (χ0n) is 30.3. The molecule has 3 nitrogen and oxygen atoms in total. The highest BCUT2D eigenvalue weighted by Gasteiger charge is 2.07. The van der Waals surface area contributed by atoms with Crippen LogP contribution in [0.2, 0.25) is 0 Å². The van der Waals surface area contributed by atoms with Crippen LogP contribution in [-0.2, 0) is 19.3 Å². The third-order valence-electron chi connectivity index (χ3n) is 9.43. The van der Waals surface area contributed by atoms with Crippen molar-refractivity contribution in [1.82, 2.24) is 15.0 Å². The van der Waals surface area contributed by atoms with Crippen molar-refractivity contribution in [2.24, 2.45) is 0 Å². The number of aryl methyl sites for hydroxylation is 3. The molecule has 0 atom stereocenters. The van der Waals surface area contributed by atoms with Crippen LogP contribution in [0.25, 0.3) is 0 Å². The average Bonchev–Trinajstić information content (AvgIpc) is 3.03. The summed E-state index contributed by atoms with van der Waals surface area (Å²) < 4.78 is 0. The minimum absolute atomic E-state index is 0.948. The first kappa shape index (κ1) is 41.0. The summed E-state index contributed by atoms with van der Waals surface area (Å²) >= 11 is 0. The van der Waals surface area contributed by atoms with E-state index in [0.717, 1.165) is 49.6 Å². The van der Waals surface area contributed by atoms with Crippen molar-refractivity contribution in [1.29, 1.82) is 0 Å². The molecule has 0 bridgehead atoms. The number of aromatic nitrogens is 3. The summed E-state index contributed by atoms with van der Waals surface area (Å²) in [7, 11) is 0. The smallest absolute Gasteiger partial charge is 0.132 e. The maximum Gasteiger partial charge on any atom is 0.132 e. The lowest BCUT2D eigenvalue weighted by Crippen LogP contribution is -2.08. The lowest BCUT2D eigenvalue weighted by atomic mass is 10.0. The summed E-state index contributed by atoms with van der Waals surface area (Å²) in [6, 6.07) is 0.